The number of thioether (sulfide) groups is 1. The number of rotatable bonds is 7. The molecule has 0 radical (unpaired) electrons. The average molecular weight is 301 g/mol. The van der Waals surface area contributed by atoms with Gasteiger partial charge < -0.3 is 5.73 Å². The van der Waals surface area contributed by atoms with Crippen LogP contribution in [-0.4, -0.2) is 29.2 Å². The molecule has 1 atom stereocenters. The van der Waals surface area contributed by atoms with Crippen LogP contribution in [0.15, 0.2) is 53.6 Å². The van der Waals surface area contributed by atoms with E-state index in [9.17, 15) is 0 Å². The van der Waals surface area contributed by atoms with Crippen LogP contribution in [0.1, 0.15) is 24.2 Å². The summed E-state index contributed by atoms with van der Waals surface area (Å²) in [6, 6.07) is 15.0. The van der Waals surface area contributed by atoms with Crippen molar-refractivity contribution in [1.82, 2.24) is 9.88 Å². The van der Waals surface area contributed by atoms with Gasteiger partial charge in [-0.3, -0.25) is 9.88 Å². The molecule has 112 valence electrons. The molecule has 0 amide bonds. The maximum absolute atomic E-state index is 6.04. The minimum Gasteiger partial charge on any atom is -0.329 e. The second kappa shape index (κ2) is 8.17. The Morgan fingerprint density at radius 3 is 2.48 bits per heavy atom. The number of benzene rings is 1. The molecule has 2 rings (SSSR count). The van der Waals surface area contributed by atoms with Crippen LogP contribution < -0.4 is 5.73 Å². The van der Waals surface area contributed by atoms with Crippen LogP contribution in [-0.2, 0) is 6.54 Å². The Labute approximate surface area is 131 Å². The number of hydrogen-bond acceptors (Lipinski definition) is 4. The molecule has 0 spiro atoms. The fourth-order valence-corrected chi connectivity index (χ4v) is 2.87. The Balaban J connectivity index is 2.16. The molecule has 0 saturated carbocycles. The van der Waals surface area contributed by atoms with Crippen molar-refractivity contribution < 1.29 is 0 Å². The monoisotopic (exact) mass is 301 g/mol. The first-order valence-corrected chi connectivity index (χ1v) is 8.49. The zero-order chi connectivity index (χ0) is 15.1. The molecule has 0 saturated heterocycles. The Morgan fingerprint density at radius 1 is 1.19 bits per heavy atom. The molecular weight excluding hydrogens is 278 g/mol. The number of nitrogens with two attached hydrogens (primary N) is 1. The zero-order valence-corrected chi connectivity index (χ0v) is 13.5. The van der Waals surface area contributed by atoms with E-state index in [0.29, 0.717) is 6.54 Å². The topological polar surface area (TPSA) is 42.2 Å². The lowest BCUT2D eigenvalue weighted by molar-refractivity contribution is 0.201. The van der Waals surface area contributed by atoms with E-state index in [1.54, 1.807) is 11.8 Å². The first-order valence-electron chi connectivity index (χ1n) is 7.26. The molecule has 0 aliphatic rings. The highest BCUT2D eigenvalue weighted by molar-refractivity contribution is 7.98. The van der Waals surface area contributed by atoms with E-state index in [2.05, 4.69) is 53.4 Å². The van der Waals surface area contributed by atoms with E-state index in [1.807, 2.05) is 18.3 Å². The van der Waals surface area contributed by atoms with Gasteiger partial charge in [-0.2, -0.15) is 0 Å². The van der Waals surface area contributed by atoms with E-state index in [4.69, 9.17) is 5.73 Å². The minimum atomic E-state index is 0.230. The van der Waals surface area contributed by atoms with Crippen LogP contribution in [0.3, 0.4) is 0 Å². The summed E-state index contributed by atoms with van der Waals surface area (Å²) in [5, 5.41) is 0. The molecule has 2 N–H and O–H groups in total. The van der Waals surface area contributed by atoms with Crippen molar-refractivity contribution in [3.8, 4) is 0 Å². The highest BCUT2D eigenvalue weighted by Gasteiger charge is 2.18. The average Bonchev–Trinajstić information content (AvgIpc) is 2.56. The summed E-state index contributed by atoms with van der Waals surface area (Å²) in [5.74, 6) is 0. The molecule has 1 unspecified atom stereocenters. The summed E-state index contributed by atoms with van der Waals surface area (Å²) in [6.45, 7) is 4.55. The summed E-state index contributed by atoms with van der Waals surface area (Å²) >= 11 is 1.76. The predicted octanol–water partition coefficient (Wildman–Crippen LogP) is 3.33. The summed E-state index contributed by atoms with van der Waals surface area (Å²) in [7, 11) is 0. The quantitative estimate of drug-likeness (QED) is 0.797. The molecule has 2 aromatic rings. The SMILES string of the molecule is CCN(Cc1ccccn1)C(CN)c1ccc(SC)cc1. The van der Waals surface area contributed by atoms with Gasteiger partial charge in [-0.1, -0.05) is 25.1 Å². The van der Waals surface area contributed by atoms with E-state index in [0.717, 1.165) is 18.8 Å². The van der Waals surface area contributed by atoms with Crippen molar-refractivity contribution in [1.29, 1.82) is 0 Å². The molecule has 1 aromatic heterocycles. The number of hydrogen-bond donors (Lipinski definition) is 1. The molecule has 0 aliphatic heterocycles. The van der Waals surface area contributed by atoms with E-state index in [1.165, 1.54) is 10.5 Å². The van der Waals surface area contributed by atoms with Crippen LogP contribution in [0, 0.1) is 0 Å². The number of likely N-dealkylation sites (N-methyl/N-ethyl adjacent to an activating group) is 1. The normalized spacial score (nSPS) is 12.6. The molecule has 1 heterocycles. The Kier molecular flexibility index (Phi) is 6.23. The second-order valence-electron chi connectivity index (χ2n) is 4.91. The Hall–Kier alpha value is -1.36. The van der Waals surface area contributed by atoms with Crippen molar-refractivity contribution in [3.05, 3.63) is 59.9 Å². The van der Waals surface area contributed by atoms with Gasteiger partial charge in [-0.05, 0) is 42.6 Å². The summed E-state index contributed by atoms with van der Waals surface area (Å²) in [5.41, 5.74) is 8.39. The van der Waals surface area contributed by atoms with Crippen LogP contribution in [0.4, 0.5) is 0 Å². The first-order chi connectivity index (χ1) is 10.3. The largest absolute Gasteiger partial charge is 0.329 e. The van der Waals surface area contributed by atoms with Crippen molar-refractivity contribution in [2.75, 3.05) is 19.3 Å². The zero-order valence-electron chi connectivity index (χ0n) is 12.7. The van der Waals surface area contributed by atoms with Crippen LogP contribution in [0.5, 0.6) is 0 Å². The number of aromatic nitrogens is 1. The van der Waals surface area contributed by atoms with Gasteiger partial charge in [0.15, 0.2) is 0 Å². The molecule has 0 bridgehead atoms. The molecule has 4 heteroatoms. The van der Waals surface area contributed by atoms with Crippen LogP contribution >= 0.6 is 11.8 Å². The highest BCUT2D eigenvalue weighted by atomic mass is 32.2. The van der Waals surface area contributed by atoms with E-state index >= 15 is 0 Å². The predicted molar refractivity (Wildman–Crippen MR) is 90.3 cm³/mol. The molecule has 3 nitrogen and oxygen atoms in total. The lowest BCUT2D eigenvalue weighted by atomic mass is 10.0. The number of pyridine rings is 1. The maximum Gasteiger partial charge on any atom is 0.0544 e. The van der Waals surface area contributed by atoms with Crippen molar-refractivity contribution in [2.45, 2.75) is 24.4 Å². The van der Waals surface area contributed by atoms with Gasteiger partial charge in [0.1, 0.15) is 0 Å². The fraction of sp³-hybridized carbons (Fsp3) is 0.353. The third-order valence-electron chi connectivity index (χ3n) is 3.66. The van der Waals surface area contributed by atoms with Crippen LogP contribution in [0.25, 0.3) is 0 Å². The molecule has 1 aromatic carbocycles. The van der Waals surface area contributed by atoms with Gasteiger partial charge in [-0.25, -0.2) is 0 Å². The molecule has 0 fully saturated rings. The van der Waals surface area contributed by atoms with Gasteiger partial charge in [0.05, 0.1) is 5.69 Å². The van der Waals surface area contributed by atoms with Gasteiger partial charge in [0.25, 0.3) is 0 Å². The van der Waals surface area contributed by atoms with Gasteiger partial charge in [0.2, 0.25) is 0 Å². The second-order valence-corrected chi connectivity index (χ2v) is 5.79. The standard InChI is InChI=1S/C17H23N3S/c1-3-20(13-15-6-4-5-11-19-15)17(12-18)14-7-9-16(21-2)10-8-14/h4-11,17H,3,12-13,18H2,1-2H3. The number of nitrogens with zero attached hydrogens (tertiary/aromatic N) is 2. The minimum absolute atomic E-state index is 0.230. The lowest BCUT2D eigenvalue weighted by Gasteiger charge is -2.30. The van der Waals surface area contributed by atoms with Gasteiger partial charge in [-0.15, -0.1) is 11.8 Å². The summed E-state index contributed by atoms with van der Waals surface area (Å²) in [4.78, 5) is 8.07. The molecular formula is C17H23N3S. The third kappa shape index (κ3) is 4.30. The van der Waals surface area contributed by atoms with Crippen molar-refractivity contribution >= 4 is 11.8 Å². The van der Waals surface area contributed by atoms with E-state index < -0.39 is 0 Å². The smallest absolute Gasteiger partial charge is 0.0544 e. The Morgan fingerprint density at radius 2 is 1.95 bits per heavy atom. The lowest BCUT2D eigenvalue weighted by Crippen LogP contribution is -2.33. The van der Waals surface area contributed by atoms with Gasteiger partial charge in [0, 0.05) is 30.2 Å². The van der Waals surface area contributed by atoms with Crippen molar-refractivity contribution in [3.63, 3.8) is 0 Å². The highest BCUT2D eigenvalue weighted by Crippen LogP contribution is 2.24. The fourth-order valence-electron chi connectivity index (χ4n) is 2.46. The van der Waals surface area contributed by atoms with Gasteiger partial charge >= 0.3 is 0 Å². The van der Waals surface area contributed by atoms with E-state index in [-0.39, 0.29) is 6.04 Å². The Bertz CT molecular complexity index is 527. The molecule has 21 heavy (non-hydrogen) atoms. The summed E-state index contributed by atoms with van der Waals surface area (Å²) in [6.07, 6.45) is 3.93. The first kappa shape index (κ1) is 16.0. The van der Waals surface area contributed by atoms with Crippen LogP contribution in [0.2, 0.25) is 0 Å². The van der Waals surface area contributed by atoms with Crippen molar-refractivity contribution in [2.24, 2.45) is 5.73 Å². The summed E-state index contributed by atoms with van der Waals surface area (Å²) < 4.78 is 0. The molecule has 0 aliphatic carbocycles. The third-order valence-corrected chi connectivity index (χ3v) is 4.41. The maximum atomic E-state index is 6.04.